The van der Waals surface area contributed by atoms with Crippen molar-refractivity contribution in [2.45, 2.75) is 9.24 Å². The van der Waals surface area contributed by atoms with Crippen molar-refractivity contribution in [3.8, 4) is 0 Å². The third kappa shape index (κ3) is 2.52. The molecule has 2 aromatic carbocycles. The predicted molar refractivity (Wildman–Crippen MR) is 80.6 cm³/mol. The fraction of sp³-hybridized carbons (Fsp3) is 0. The molecule has 2 nitrogen and oxygen atoms in total. The highest BCUT2D eigenvalue weighted by atomic mass is 35.5. The summed E-state index contributed by atoms with van der Waals surface area (Å²) in [6, 6.07) is 13.4. The highest BCUT2D eigenvalue weighted by Gasteiger charge is 2.10. The molecular formula is C14H8ClNOS2. The molecule has 0 radical (unpaired) electrons. The van der Waals surface area contributed by atoms with E-state index in [1.165, 1.54) is 11.8 Å². The first kappa shape index (κ1) is 12.7. The summed E-state index contributed by atoms with van der Waals surface area (Å²) < 4.78 is 2.05. The Morgan fingerprint density at radius 3 is 2.79 bits per heavy atom. The number of para-hydroxylation sites is 1. The Morgan fingerprint density at radius 2 is 2.00 bits per heavy atom. The number of aldehydes is 1. The van der Waals surface area contributed by atoms with Gasteiger partial charge in [0.1, 0.15) is 0 Å². The van der Waals surface area contributed by atoms with Crippen LogP contribution in [0.4, 0.5) is 0 Å². The van der Waals surface area contributed by atoms with Crippen LogP contribution in [-0.4, -0.2) is 11.3 Å². The molecule has 0 atom stereocenters. The largest absolute Gasteiger partial charge is 0.298 e. The minimum atomic E-state index is 0.473. The van der Waals surface area contributed by atoms with Gasteiger partial charge in [-0.3, -0.25) is 4.79 Å². The highest BCUT2D eigenvalue weighted by Crippen LogP contribution is 2.37. The van der Waals surface area contributed by atoms with Gasteiger partial charge < -0.3 is 0 Å². The van der Waals surface area contributed by atoms with E-state index in [4.69, 9.17) is 11.6 Å². The van der Waals surface area contributed by atoms with E-state index in [0.29, 0.717) is 10.6 Å². The zero-order valence-electron chi connectivity index (χ0n) is 9.67. The van der Waals surface area contributed by atoms with Crippen LogP contribution >= 0.6 is 34.7 Å². The molecule has 0 N–H and O–H groups in total. The monoisotopic (exact) mass is 305 g/mol. The van der Waals surface area contributed by atoms with E-state index in [0.717, 1.165) is 25.7 Å². The summed E-state index contributed by atoms with van der Waals surface area (Å²) in [7, 11) is 0. The fourth-order valence-electron chi connectivity index (χ4n) is 1.71. The van der Waals surface area contributed by atoms with Gasteiger partial charge in [-0.15, -0.1) is 11.3 Å². The van der Waals surface area contributed by atoms with E-state index in [9.17, 15) is 4.79 Å². The van der Waals surface area contributed by atoms with Crippen LogP contribution in [0.15, 0.2) is 51.7 Å². The molecule has 0 unspecified atom stereocenters. The van der Waals surface area contributed by atoms with Gasteiger partial charge in [0.25, 0.3) is 0 Å². The summed E-state index contributed by atoms with van der Waals surface area (Å²) in [5.41, 5.74) is 1.50. The molecule has 5 heteroatoms. The Kier molecular flexibility index (Phi) is 3.55. The van der Waals surface area contributed by atoms with Gasteiger partial charge >= 0.3 is 0 Å². The zero-order valence-corrected chi connectivity index (χ0v) is 12.1. The lowest BCUT2D eigenvalue weighted by Crippen LogP contribution is -1.86. The number of benzene rings is 2. The lowest BCUT2D eigenvalue weighted by molar-refractivity contribution is 0.112. The Hall–Kier alpha value is -1.36. The van der Waals surface area contributed by atoms with E-state index in [1.54, 1.807) is 17.4 Å². The highest BCUT2D eigenvalue weighted by molar-refractivity contribution is 8.01. The Labute approximate surface area is 123 Å². The second kappa shape index (κ2) is 5.33. The first-order valence-corrected chi connectivity index (χ1v) is 7.56. The van der Waals surface area contributed by atoms with Crippen LogP contribution < -0.4 is 0 Å². The number of aromatic nitrogens is 1. The van der Waals surface area contributed by atoms with Gasteiger partial charge in [0.2, 0.25) is 0 Å². The molecule has 0 aliphatic carbocycles. The van der Waals surface area contributed by atoms with E-state index < -0.39 is 0 Å². The molecule has 0 aliphatic rings. The molecule has 19 heavy (non-hydrogen) atoms. The first-order chi connectivity index (χ1) is 9.28. The summed E-state index contributed by atoms with van der Waals surface area (Å²) in [6.07, 6.45) is 0.790. The van der Waals surface area contributed by atoms with E-state index in [-0.39, 0.29) is 0 Å². The van der Waals surface area contributed by atoms with Crippen LogP contribution in [0.3, 0.4) is 0 Å². The number of halogens is 1. The van der Waals surface area contributed by atoms with Crippen molar-refractivity contribution >= 4 is 51.2 Å². The second-order valence-corrected chi connectivity index (χ2v) is 6.55. The molecule has 0 saturated heterocycles. The topological polar surface area (TPSA) is 30.0 Å². The lowest BCUT2D eigenvalue weighted by Gasteiger charge is -2.03. The molecule has 0 amide bonds. The van der Waals surface area contributed by atoms with Gasteiger partial charge in [0.15, 0.2) is 10.6 Å². The van der Waals surface area contributed by atoms with Crippen LogP contribution in [-0.2, 0) is 0 Å². The number of carbonyl (C=O) groups excluding carboxylic acids is 1. The molecule has 0 fully saturated rings. The number of hydrogen-bond acceptors (Lipinski definition) is 4. The normalized spacial score (nSPS) is 10.8. The maximum absolute atomic E-state index is 11.1. The third-order valence-electron chi connectivity index (χ3n) is 2.60. The van der Waals surface area contributed by atoms with E-state index in [1.807, 2.05) is 36.4 Å². The molecule has 0 saturated carbocycles. The minimum absolute atomic E-state index is 0.473. The van der Waals surface area contributed by atoms with Crippen LogP contribution in [0.25, 0.3) is 10.2 Å². The molecule has 0 bridgehead atoms. The SMILES string of the molecule is O=Cc1c(Cl)cccc1Sc1nc2ccccc2s1. The summed E-state index contributed by atoms with van der Waals surface area (Å²) in [4.78, 5) is 16.5. The smallest absolute Gasteiger partial charge is 0.155 e. The number of fused-ring (bicyclic) bond motifs is 1. The summed E-state index contributed by atoms with van der Waals surface area (Å²) in [5.74, 6) is 0. The van der Waals surface area contributed by atoms with Crippen molar-refractivity contribution in [1.29, 1.82) is 0 Å². The van der Waals surface area contributed by atoms with Crippen LogP contribution in [0, 0.1) is 0 Å². The van der Waals surface area contributed by atoms with Gasteiger partial charge in [-0.05, 0) is 24.3 Å². The molecule has 3 rings (SSSR count). The number of carbonyl (C=O) groups is 1. The quantitative estimate of drug-likeness (QED) is 0.644. The Balaban J connectivity index is 2.01. The number of hydrogen-bond donors (Lipinski definition) is 0. The summed E-state index contributed by atoms with van der Waals surface area (Å²) in [5, 5.41) is 0.473. The van der Waals surface area contributed by atoms with E-state index in [2.05, 4.69) is 4.98 Å². The van der Waals surface area contributed by atoms with Crippen molar-refractivity contribution in [2.24, 2.45) is 0 Å². The second-order valence-electron chi connectivity index (χ2n) is 3.82. The van der Waals surface area contributed by atoms with Crippen LogP contribution in [0.5, 0.6) is 0 Å². The van der Waals surface area contributed by atoms with Crippen LogP contribution in [0.2, 0.25) is 5.02 Å². The molecule has 1 aromatic heterocycles. The zero-order chi connectivity index (χ0) is 13.2. The van der Waals surface area contributed by atoms with Gasteiger partial charge in [-0.1, -0.05) is 41.6 Å². The van der Waals surface area contributed by atoms with Crippen molar-refractivity contribution in [3.05, 3.63) is 53.1 Å². The molecule has 1 heterocycles. The average Bonchev–Trinajstić information content (AvgIpc) is 2.81. The maximum Gasteiger partial charge on any atom is 0.155 e. The number of nitrogens with zero attached hydrogens (tertiary/aromatic N) is 1. The molecule has 3 aromatic rings. The van der Waals surface area contributed by atoms with E-state index >= 15 is 0 Å². The van der Waals surface area contributed by atoms with Gasteiger partial charge in [0, 0.05) is 10.5 Å². The average molecular weight is 306 g/mol. The number of rotatable bonds is 3. The van der Waals surface area contributed by atoms with Crippen molar-refractivity contribution in [2.75, 3.05) is 0 Å². The van der Waals surface area contributed by atoms with Gasteiger partial charge in [-0.2, -0.15) is 0 Å². The van der Waals surface area contributed by atoms with Gasteiger partial charge in [0.05, 0.1) is 15.2 Å². The molecule has 0 aliphatic heterocycles. The number of thiazole rings is 1. The molecular weight excluding hydrogens is 298 g/mol. The standard InChI is InChI=1S/C14H8ClNOS2/c15-10-4-3-7-12(9(10)8-17)18-14-16-11-5-1-2-6-13(11)19-14/h1-8H. The van der Waals surface area contributed by atoms with Crippen molar-refractivity contribution in [3.63, 3.8) is 0 Å². The fourth-order valence-corrected chi connectivity index (χ4v) is 4.13. The van der Waals surface area contributed by atoms with Crippen molar-refractivity contribution < 1.29 is 4.79 Å². The third-order valence-corrected chi connectivity index (χ3v) is 5.10. The van der Waals surface area contributed by atoms with Crippen LogP contribution in [0.1, 0.15) is 10.4 Å². The minimum Gasteiger partial charge on any atom is -0.298 e. The first-order valence-electron chi connectivity index (χ1n) is 5.55. The Bertz CT molecular complexity index is 721. The predicted octanol–water partition coefficient (Wildman–Crippen LogP) is 4.91. The maximum atomic E-state index is 11.1. The van der Waals surface area contributed by atoms with Crippen molar-refractivity contribution in [1.82, 2.24) is 4.98 Å². The summed E-state index contributed by atoms with van der Waals surface area (Å²) >= 11 is 9.09. The molecule has 94 valence electrons. The van der Waals surface area contributed by atoms with Gasteiger partial charge in [-0.25, -0.2) is 4.98 Å². The lowest BCUT2D eigenvalue weighted by atomic mass is 10.2. The molecule has 0 spiro atoms. The Morgan fingerprint density at radius 1 is 1.16 bits per heavy atom. The summed E-state index contributed by atoms with van der Waals surface area (Å²) in [6.45, 7) is 0.